The molecule has 0 unspecified atom stereocenters. The maximum Gasteiger partial charge on any atom is 0.587 e. The molecule has 2 aromatic carbocycles. The van der Waals surface area contributed by atoms with Crippen molar-refractivity contribution in [3.05, 3.63) is 59.7 Å². The number of hydrogen-bond acceptors (Lipinski definition) is 4. The van der Waals surface area contributed by atoms with Gasteiger partial charge in [0.2, 0.25) is 0 Å². The maximum absolute atomic E-state index is 13.2. The number of hydrogen-bond donors (Lipinski definition) is 0. The van der Waals surface area contributed by atoms with E-state index in [2.05, 4.69) is 41.5 Å². The Hall–Kier alpha value is -1.77. The van der Waals surface area contributed by atoms with Gasteiger partial charge in [0.25, 0.3) is 0 Å². The van der Waals surface area contributed by atoms with Crippen LogP contribution in [-0.2, 0) is 19.9 Å². The minimum atomic E-state index is -3.84. The Bertz CT molecular complexity index is 737. The molecule has 0 amide bonds. The van der Waals surface area contributed by atoms with E-state index < -0.39 is 7.82 Å². The van der Waals surface area contributed by atoms with Crippen molar-refractivity contribution in [3.8, 4) is 11.5 Å². The standard InChI is InChI=1S/C21H29O4P/c1-20(2,3)16-12-8-10-14-18(16)24-26(22,23-7)25-19-15-11-9-13-17(19)21(4,5)6/h8-15H,1-7H3. The van der Waals surface area contributed by atoms with Crippen LogP contribution in [0.25, 0.3) is 0 Å². The predicted octanol–water partition coefficient (Wildman–Crippen LogP) is 6.49. The van der Waals surface area contributed by atoms with Crippen LogP contribution in [0.3, 0.4) is 0 Å². The van der Waals surface area contributed by atoms with Crippen molar-refractivity contribution >= 4 is 7.82 Å². The lowest BCUT2D eigenvalue weighted by molar-refractivity contribution is 0.246. The van der Waals surface area contributed by atoms with Gasteiger partial charge in [0.15, 0.2) is 0 Å². The first kappa shape index (κ1) is 20.5. The van der Waals surface area contributed by atoms with Crippen molar-refractivity contribution in [2.24, 2.45) is 0 Å². The highest BCUT2D eigenvalue weighted by Crippen LogP contribution is 2.52. The van der Waals surface area contributed by atoms with Crippen LogP contribution < -0.4 is 9.05 Å². The smallest absolute Gasteiger partial charge is 0.395 e. The van der Waals surface area contributed by atoms with Crippen molar-refractivity contribution in [1.82, 2.24) is 0 Å². The van der Waals surface area contributed by atoms with Crippen LogP contribution in [0.4, 0.5) is 0 Å². The molecule has 0 aliphatic rings. The second-order valence-corrected chi connectivity index (χ2v) is 9.93. The summed E-state index contributed by atoms with van der Waals surface area (Å²) in [4.78, 5) is 0. The molecule has 0 aliphatic carbocycles. The molecule has 0 radical (unpaired) electrons. The van der Waals surface area contributed by atoms with Gasteiger partial charge in [-0.25, -0.2) is 4.57 Å². The van der Waals surface area contributed by atoms with Crippen LogP contribution in [0.15, 0.2) is 48.5 Å². The molecule has 26 heavy (non-hydrogen) atoms. The highest BCUT2D eigenvalue weighted by atomic mass is 31.2. The van der Waals surface area contributed by atoms with E-state index in [1.54, 1.807) is 12.1 Å². The summed E-state index contributed by atoms with van der Waals surface area (Å²) in [5.41, 5.74) is 1.53. The van der Waals surface area contributed by atoms with Gasteiger partial charge >= 0.3 is 7.82 Å². The van der Waals surface area contributed by atoms with E-state index >= 15 is 0 Å². The largest absolute Gasteiger partial charge is 0.587 e. The van der Waals surface area contributed by atoms with E-state index in [-0.39, 0.29) is 10.8 Å². The molecule has 0 bridgehead atoms. The zero-order valence-electron chi connectivity index (χ0n) is 16.7. The first-order valence-corrected chi connectivity index (χ1v) is 10.2. The third kappa shape index (κ3) is 4.90. The van der Waals surface area contributed by atoms with Gasteiger partial charge in [-0.1, -0.05) is 77.9 Å². The summed E-state index contributed by atoms with van der Waals surface area (Å²) < 4.78 is 30.0. The summed E-state index contributed by atoms with van der Waals surface area (Å²) in [7, 11) is -2.50. The molecular formula is C21H29O4P. The van der Waals surface area contributed by atoms with E-state index in [1.807, 2.05) is 36.4 Å². The number of para-hydroxylation sites is 2. The topological polar surface area (TPSA) is 44.8 Å². The molecule has 0 aromatic heterocycles. The zero-order chi connectivity index (χ0) is 19.6. The molecule has 0 fully saturated rings. The maximum atomic E-state index is 13.2. The first-order chi connectivity index (χ1) is 12.0. The van der Waals surface area contributed by atoms with Gasteiger partial charge in [0.1, 0.15) is 11.5 Å². The van der Waals surface area contributed by atoms with Gasteiger partial charge < -0.3 is 9.05 Å². The van der Waals surface area contributed by atoms with Gasteiger partial charge in [-0.2, -0.15) is 0 Å². The molecule has 4 nitrogen and oxygen atoms in total. The van der Waals surface area contributed by atoms with Crippen LogP contribution in [-0.4, -0.2) is 7.11 Å². The van der Waals surface area contributed by atoms with Gasteiger partial charge in [-0.15, -0.1) is 0 Å². The van der Waals surface area contributed by atoms with Crippen LogP contribution in [0, 0.1) is 0 Å². The highest BCUT2D eigenvalue weighted by molar-refractivity contribution is 7.49. The summed E-state index contributed by atoms with van der Waals surface area (Å²) in [6.07, 6.45) is 0. The molecule has 0 heterocycles. The Labute approximate surface area is 157 Å². The number of phosphoric ester groups is 1. The van der Waals surface area contributed by atoms with Crippen molar-refractivity contribution < 1.29 is 18.1 Å². The lowest BCUT2D eigenvalue weighted by Gasteiger charge is -2.27. The summed E-state index contributed by atoms with van der Waals surface area (Å²) in [5.74, 6) is 0.997. The lowest BCUT2D eigenvalue weighted by Crippen LogP contribution is -2.15. The molecule has 2 aromatic rings. The van der Waals surface area contributed by atoms with Gasteiger partial charge in [-0.05, 0) is 23.0 Å². The first-order valence-electron chi connectivity index (χ1n) is 8.70. The molecule has 0 saturated carbocycles. The fraction of sp³-hybridized carbons (Fsp3) is 0.429. The Kier molecular flexibility index (Phi) is 5.89. The number of phosphoric acid groups is 1. The van der Waals surface area contributed by atoms with E-state index in [4.69, 9.17) is 13.6 Å². The Balaban J connectivity index is 2.39. The third-order valence-corrected chi connectivity index (χ3v) is 5.32. The second-order valence-electron chi connectivity index (χ2n) is 8.30. The van der Waals surface area contributed by atoms with Crippen LogP contribution in [0.2, 0.25) is 0 Å². The Morgan fingerprint density at radius 1 is 0.692 bits per heavy atom. The van der Waals surface area contributed by atoms with Crippen LogP contribution >= 0.6 is 7.82 Å². The molecule has 2 rings (SSSR count). The highest BCUT2D eigenvalue weighted by Gasteiger charge is 2.33. The van der Waals surface area contributed by atoms with Crippen LogP contribution in [0.5, 0.6) is 11.5 Å². The second kappa shape index (κ2) is 7.46. The van der Waals surface area contributed by atoms with E-state index in [1.165, 1.54) is 7.11 Å². The molecule has 0 N–H and O–H groups in total. The SMILES string of the molecule is COP(=O)(Oc1ccccc1C(C)(C)C)Oc1ccccc1C(C)(C)C. The van der Waals surface area contributed by atoms with Crippen LogP contribution in [0.1, 0.15) is 52.7 Å². The molecule has 0 atom stereocenters. The number of benzene rings is 2. The quantitative estimate of drug-likeness (QED) is 0.559. The summed E-state index contributed by atoms with van der Waals surface area (Å²) in [6.45, 7) is 12.4. The summed E-state index contributed by atoms with van der Waals surface area (Å²) >= 11 is 0. The normalized spacial score (nSPS) is 12.7. The van der Waals surface area contributed by atoms with E-state index in [9.17, 15) is 4.57 Å². The van der Waals surface area contributed by atoms with Crippen molar-refractivity contribution in [2.75, 3.05) is 7.11 Å². The zero-order valence-corrected chi connectivity index (χ0v) is 17.6. The number of rotatable bonds is 5. The molecule has 142 valence electrons. The van der Waals surface area contributed by atoms with Crippen molar-refractivity contribution in [2.45, 2.75) is 52.4 Å². The van der Waals surface area contributed by atoms with Crippen molar-refractivity contribution in [1.29, 1.82) is 0 Å². The van der Waals surface area contributed by atoms with Gasteiger partial charge in [-0.3, -0.25) is 4.52 Å². The monoisotopic (exact) mass is 376 g/mol. The molecular weight excluding hydrogens is 347 g/mol. The summed E-state index contributed by atoms with van der Waals surface area (Å²) in [6, 6.07) is 15.0. The predicted molar refractivity (Wildman–Crippen MR) is 106 cm³/mol. The molecule has 5 heteroatoms. The fourth-order valence-electron chi connectivity index (χ4n) is 2.67. The van der Waals surface area contributed by atoms with Crippen molar-refractivity contribution in [3.63, 3.8) is 0 Å². The lowest BCUT2D eigenvalue weighted by atomic mass is 9.86. The van der Waals surface area contributed by atoms with E-state index in [0.717, 1.165) is 11.1 Å². The Morgan fingerprint density at radius 2 is 1.04 bits per heavy atom. The molecule has 0 saturated heterocycles. The van der Waals surface area contributed by atoms with Gasteiger partial charge in [0.05, 0.1) is 0 Å². The molecule has 0 aliphatic heterocycles. The average molecular weight is 376 g/mol. The fourth-order valence-corrected chi connectivity index (χ4v) is 3.65. The summed E-state index contributed by atoms with van der Waals surface area (Å²) in [5, 5.41) is 0. The van der Waals surface area contributed by atoms with E-state index in [0.29, 0.717) is 11.5 Å². The minimum Gasteiger partial charge on any atom is -0.395 e. The minimum absolute atomic E-state index is 0.168. The van der Waals surface area contributed by atoms with Gasteiger partial charge in [0, 0.05) is 18.2 Å². The third-order valence-electron chi connectivity index (χ3n) is 4.03. The Morgan fingerprint density at radius 3 is 1.35 bits per heavy atom. The molecule has 0 spiro atoms. The average Bonchev–Trinajstić information content (AvgIpc) is 2.54.